The van der Waals surface area contributed by atoms with Gasteiger partial charge in [-0.25, -0.2) is 0 Å². The molecule has 0 bridgehead atoms. The molecule has 1 aromatic rings. The molecule has 2 N–H and O–H groups in total. The number of benzene rings is 1. The highest BCUT2D eigenvalue weighted by Gasteiger charge is 2.30. The third-order valence-corrected chi connectivity index (χ3v) is 3.53. The van der Waals surface area contributed by atoms with Gasteiger partial charge in [0.2, 0.25) is 0 Å². The van der Waals surface area contributed by atoms with E-state index in [1.54, 1.807) is 0 Å². The van der Waals surface area contributed by atoms with E-state index in [1.807, 2.05) is 12.1 Å². The predicted molar refractivity (Wildman–Crippen MR) is 80.2 cm³/mol. The van der Waals surface area contributed by atoms with Gasteiger partial charge in [0.05, 0.1) is 11.7 Å². The Morgan fingerprint density at radius 2 is 2.21 bits per heavy atom. The van der Waals surface area contributed by atoms with E-state index >= 15 is 0 Å². The van der Waals surface area contributed by atoms with Crippen LogP contribution in [0, 0.1) is 0 Å². The van der Waals surface area contributed by atoms with Crippen LogP contribution in [-0.2, 0) is 11.2 Å². The lowest BCUT2D eigenvalue weighted by molar-refractivity contribution is -0.128. The first-order valence-electron chi connectivity index (χ1n) is 7.19. The van der Waals surface area contributed by atoms with Gasteiger partial charge in [0, 0.05) is 18.8 Å². The molecule has 1 aliphatic rings. The van der Waals surface area contributed by atoms with Crippen molar-refractivity contribution in [2.75, 3.05) is 25.4 Å². The fraction of sp³-hybridized carbons (Fsp3) is 0.625. The Hall–Kier alpha value is -1.06. The quantitative estimate of drug-likeness (QED) is 0.848. The van der Waals surface area contributed by atoms with Crippen LogP contribution in [0.25, 0.3) is 0 Å². The van der Waals surface area contributed by atoms with Crippen LogP contribution < -0.4 is 5.73 Å². The van der Waals surface area contributed by atoms with Crippen LogP contribution >= 0.6 is 0 Å². The van der Waals surface area contributed by atoms with Crippen LogP contribution in [0.1, 0.15) is 32.8 Å². The van der Waals surface area contributed by atoms with Crippen LogP contribution in [0.5, 0.6) is 0 Å². The second kappa shape index (κ2) is 5.93. The van der Waals surface area contributed by atoms with E-state index in [4.69, 9.17) is 10.5 Å². The average Bonchev–Trinajstić information content (AvgIpc) is 2.26. The maximum absolute atomic E-state index is 5.93. The summed E-state index contributed by atoms with van der Waals surface area (Å²) in [5, 5.41) is 0. The van der Waals surface area contributed by atoms with Crippen molar-refractivity contribution in [2.24, 2.45) is 0 Å². The minimum atomic E-state index is -0.0190. The summed E-state index contributed by atoms with van der Waals surface area (Å²) in [6, 6.07) is 8.20. The van der Waals surface area contributed by atoms with Crippen LogP contribution in [0.4, 0.5) is 5.69 Å². The molecule has 3 heteroatoms. The van der Waals surface area contributed by atoms with Gasteiger partial charge < -0.3 is 10.5 Å². The lowest BCUT2D eigenvalue weighted by atomic mass is 10.0. The van der Waals surface area contributed by atoms with Crippen LogP contribution in [0.3, 0.4) is 0 Å². The summed E-state index contributed by atoms with van der Waals surface area (Å²) in [6.45, 7) is 9.70. The van der Waals surface area contributed by atoms with Crippen LogP contribution in [-0.4, -0.2) is 36.2 Å². The van der Waals surface area contributed by atoms with Gasteiger partial charge in [0.25, 0.3) is 0 Å². The Labute approximate surface area is 116 Å². The number of rotatable bonds is 4. The number of hydrogen-bond donors (Lipinski definition) is 1. The molecule has 1 saturated heterocycles. The molecular formula is C16H26N2O. The Morgan fingerprint density at radius 3 is 2.89 bits per heavy atom. The molecule has 1 aromatic carbocycles. The van der Waals surface area contributed by atoms with Crippen molar-refractivity contribution in [1.29, 1.82) is 0 Å². The van der Waals surface area contributed by atoms with Gasteiger partial charge in [0.1, 0.15) is 0 Å². The SMILES string of the molecule is CC1CN(CCCc2cccc(N)c2)CC(C)(C)O1. The first-order chi connectivity index (χ1) is 8.94. The molecule has 1 unspecified atom stereocenters. The van der Waals surface area contributed by atoms with Crippen molar-refractivity contribution < 1.29 is 4.74 Å². The largest absolute Gasteiger partial charge is 0.399 e. The fourth-order valence-corrected chi connectivity index (χ4v) is 3.01. The number of aryl methyl sites for hydroxylation is 1. The molecule has 1 heterocycles. The van der Waals surface area contributed by atoms with Crippen molar-refractivity contribution in [3.05, 3.63) is 29.8 Å². The van der Waals surface area contributed by atoms with Crippen molar-refractivity contribution in [3.63, 3.8) is 0 Å². The molecule has 0 radical (unpaired) electrons. The molecule has 19 heavy (non-hydrogen) atoms. The third-order valence-electron chi connectivity index (χ3n) is 3.53. The second-order valence-corrected chi connectivity index (χ2v) is 6.27. The molecular weight excluding hydrogens is 236 g/mol. The van der Waals surface area contributed by atoms with E-state index in [2.05, 4.69) is 37.8 Å². The average molecular weight is 262 g/mol. The van der Waals surface area contributed by atoms with Crippen molar-refractivity contribution in [3.8, 4) is 0 Å². The molecule has 2 rings (SSSR count). The number of nitrogens with two attached hydrogens (primary N) is 1. The summed E-state index contributed by atoms with van der Waals surface area (Å²) in [6.07, 6.45) is 2.60. The van der Waals surface area contributed by atoms with Crippen LogP contribution in [0.15, 0.2) is 24.3 Å². The Balaban J connectivity index is 1.79. The maximum Gasteiger partial charge on any atom is 0.0757 e. The summed E-state index contributed by atoms with van der Waals surface area (Å²) in [5.74, 6) is 0. The summed E-state index contributed by atoms with van der Waals surface area (Å²) in [5.41, 5.74) is 7.97. The summed E-state index contributed by atoms with van der Waals surface area (Å²) < 4.78 is 5.93. The lowest BCUT2D eigenvalue weighted by Crippen LogP contribution is -2.52. The summed E-state index contributed by atoms with van der Waals surface area (Å²) in [4.78, 5) is 2.51. The van der Waals surface area contributed by atoms with E-state index in [-0.39, 0.29) is 5.60 Å². The molecule has 1 fully saturated rings. The zero-order chi connectivity index (χ0) is 13.9. The summed E-state index contributed by atoms with van der Waals surface area (Å²) in [7, 11) is 0. The van der Waals surface area contributed by atoms with Crippen molar-refractivity contribution >= 4 is 5.69 Å². The van der Waals surface area contributed by atoms with Gasteiger partial charge in [-0.15, -0.1) is 0 Å². The number of nitrogen functional groups attached to an aromatic ring is 1. The zero-order valence-corrected chi connectivity index (χ0v) is 12.4. The highest BCUT2D eigenvalue weighted by atomic mass is 16.5. The van der Waals surface area contributed by atoms with Gasteiger partial charge in [-0.2, -0.15) is 0 Å². The zero-order valence-electron chi connectivity index (χ0n) is 12.4. The first-order valence-corrected chi connectivity index (χ1v) is 7.19. The smallest absolute Gasteiger partial charge is 0.0757 e. The molecule has 1 aliphatic heterocycles. The third kappa shape index (κ3) is 4.51. The van der Waals surface area contributed by atoms with Gasteiger partial charge in [0.15, 0.2) is 0 Å². The molecule has 0 aliphatic carbocycles. The van der Waals surface area contributed by atoms with Gasteiger partial charge in [-0.1, -0.05) is 12.1 Å². The van der Waals surface area contributed by atoms with Crippen LogP contribution in [0.2, 0.25) is 0 Å². The number of hydrogen-bond acceptors (Lipinski definition) is 3. The Morgan fingerprint density at radius 1 is 1.42 bits per heavy atom. The normalized spacial score (nSPS) is 23.4. The molecule has 0 spiro atoms. The molecule has 106 valence electrons. The number of morpholine rings is 1. The fourth-order valence-electron chi connectivity index (χ4n) is 3.01. The number of anilines is 1. The van der Waals surface area contributed by atoms with Crippen molar-refractivity contribution in [2.45, 2.75) is 45.3 Å². The van der Waals surface area contributed by atoms with Gasteiger partial charge >= 0.3 is 0 Å². The van der Waals surface area contributed by atoms with E-state index in [0.29, 0.717) is 6.10 Å². The van der Waals surface area contributed by atoms with Crippen molar-refractivity contribution in [1.82, 2.24) is 4.90 Å². The molecule has 0 amide bonds. The number of nitrogens with zero attached hydrogens (tertiary/aromatic N) is 1. The van der Waals surface area contributed by atoms with E-state index in [0.717, 1.165) is 31.7 Å². The van der Waals surface area contributed by atoms with E-state index < -0.39 is 0 Å². The summed E-state index contributed by atoms with van der Waals surface area (Å²) >= 11 is 0. The predicted octanol–water partition coefficient (Wildman–Crippen LogP) is 2.70. The highest BCUT2D eigenvalue weighted by Crippen LogP contribution is 2.21. The Bertz CT molecular complexity index is 417. The maximum atomic E-state index is 5.93. The second-order valence-electron chi connectivity index (χ2n) is 6.27. The van der Waals surface area contributed by atoms with E-state index in [1.165, 1.54) is 12.0 Å². The minimum absolute atomic E-state index is 0.0190. The lowest BCUT2D eigenvalue weighted by Gasteiger charge is -2.41. The monoisotopic (exact) mass is 262 g/mol. The minimum Gasteiger partial charge on any atom is -0.399 e. The topological polar surface area (TPSA) is 38.5 Å². The van der Waals surface area contributed by atoms with Gasteiger partial charge in [-0.3, -0.25) is 4.90 Å². The first kappa shape index (κ1) is 14.4. The molecule has 3 nitrogen and oxygen atoms in total. The molecule has 0 aromatic heterocycles. The molecule has 0 saturated carbocycles. The molecule has 1 atom stereocenters. The number of ether oxygens (including phenoxy) is 1. The Kier molecular flexibility index (Phi) is 4.48. The highest BCUT2D eigenvalue weighted by molar-refractivity contribution is 5.40. The standard InChI is InChI=1S/C16H26N2O/c1-13-11-18(12-16(2,3)19-13)9-5-7-14-6-4-8-15(17)10-14/h4,6,8,10,13H,5,7,9,11-12,17H2,1-3H3. The van der Waals surface area contributed by atoms with E-state index in [9.17, 15) is 0 Å². The van der Waals surface area contributed by atoms with Gasteiger partial charge in [-0.05, 0) is 57.9 Å².